The van der Waals surface area contributed by atoms with Crippen molar-refractivity contribution < 1.29 is 4.74 Å². The second-order valence-corrected chi connectivity index (χ2v) is 6.36. The Balaban J connectivity index is 1.67. The van der Waals surface area contributed by atoms with Crippen LogP contribution in [0.4, 0.5) is 0 Å². The predicted molar refractivity (Wildman–Crippen MR) is 92.1 cm³/mol. The van der Waals surface area contributed by atoms with Crippen molar-refractivity contribution >= 4 is 0 Å². The summed E-state index contributed by atoms with van der Waals surface area (Å²) in [6, 6.07) is 17.9. The summed E-state index contributed by atoms with van der Waals surface area (Å²) in [6.45, 7) is 9.29. The zero-order valence-corrected chi connectivity index (χ0v) is 13.6. The standard InChI is InChI=1S/C20H25NO/c1-16(2)18-7-9-20(10-8-18)19-5-3-17(4-6-19)15-21-11-13-22-14-12-21/h3-10,16H,11-15H2,1-2H3. The largest absolute Gasteiger partial charge is 0.379 e. The molecular weight excluding hydrogens is 270 g/mol. The van der Waals surface area contributed by atoms with Crippen LogP contribution >= 0.6 is 0 Å². The van der Waals surface area contributed by atoms with Gasteiger partial charge in [-0.3, -0.25) is 4.90 Å². The van der Waals surface area contributed by atoms with Crippen LogP contribution in [0.3, 0.4) is 0 Å². The summed E-state index contributed by atoms with van der Waals surface area (Å²) in [5, 5.41) is 0. The van der Waals surface area contributed by atoms with Crippen molar-refractivity contribution in [2.75, 3.05) is 26.3 Å². The minimum absolute atomic E-state index is 0.588. The molecule has 2 nitrogen and oxygen atoms in total. The Bertz CT molecular complexity index is 580. The molecular formula is C20H25NO. The molecule has 0 amide bonds. The molecule has 2 aromatic carbocycles. The van der Waals surface area contributed by atoms with E-state index in [4.69, 9.17) is 4.74 Å². The van der Waals surface area contributed by atoms with E-state index >= 15 is 0 Å². The van der Waals surface area contributed by atoms with Gasteiger partial charge in [-0.05, 0) is 28.2 Å². The smallest absolute Gasteiger partial charge is 0.0594 e. The summed E-state index contributed by atoms with van der Waals surface area (Å²) < 4.78 is 5.40. The molecule has 0 atom stereocenters. The molecule has 1 fully saturated rings. The van der Waals surface area contributed by atoms with E-state index in [0.717, 1.165) is 32.8 Å². The van der Waals surface area contributed by atoms with Gasteiger partial charge in [0.25, 0.3) is 0 Å². The topological polar surface area (TPSA) is 12.5 Å². The highest BCUT2D eigenvalue weighted by Gasteiger charge is 2.10. The van der Waals surface area contributed by atoms with Gasteiger partial charge in [-0.1, -0.05) is 62.4 Å². The Morgan fingerprint density at radius 1 is 0.864 bits per heavy atom. The van der Waals surface area contributed by atoms with Gasteiger partial charge in [0.1, 0.15) is 0 Å². The van der Waals surface area contributed by atoms with Crippen molar-refractivity contribution in [1.29, 1.82) is 0 Å². The molecule has 0 N–H and O–H groups in total. The van der Waals surface area contributed by atoms with E-state index in [1.54, 1.807) is 0 Å². The van der Waals surface area contributed by atoms with Gasteiger partial charge in [0.15, 0.2) is 0 Å². The number of hydrogen-bond acceptors (Lipinski definition) is 2. The van der Waals surface area contributed by atoms with E-state index in [-0.39, 0.29) is 0 Å². The molecule has 0 unspecified atom stereocenters. The maximum absolute atomic E-state index is 5.40. The Hall–Kier alpha value is -1.64. The second kappa shape index (κ2) is 7.08. The average molecular weight is 295 g/mol. The van der Waals surface area contributed by atoms with Crippen LogP contribution in [0.25, 0.3) is 11.1 Å². The molecule has 1 saturated heterocycles. The average Bonchev–Trinajstić information content (AvgIpc) is 2.57. The van der Waals surface area contributed by atoms with Gasteiger partial charge >= 0.3 is 0 Å². The van der Waals surface area contributed by atoms with Crippen molar-refractivity contribution in [3.05, 3.63) is 59.7 Å². The molecule has 0 aromatic heterocycles. The number of nitrogens with zero attached hydrogens (tertiary/aromatic N) is 1. The highest BCUT2D eigenvalue weighted by molar-refractivity contribution is 5.64. The summed E-state index contributed by atoms with van der Waals surface area (Å²) >= 11 is 0. The van der Waals surface area contributed by atoms with Crippen LogP contribution in [-0.4, -0.2) is 31.2 Å². The molecule has 1 heterocycles. The molecule has 2 heteroatoms. The minimum Gasteiger partial charge on any atom is -0.379 e. The molecule has 2 aromatic rings. The normalized spacial score (nSPS) is 16.1. The molecule has 1 aliphatic heterocycles. The molecule has 22 heavy (non-hydrogen) atoms. The molecule has 3 rings (SSSR count). The van der Waals surface area contributed by atoms with E-state index < -0.39 is 0 Å². The third kappa shape index (κ3) is 3.76. The molecule has 0 spiro atoms. The van der Waals surface area contributed by atoms with Crippen molar-refractivity contribution in [2.24, 2.45) is 0 Å². The highest BCUT2D eigenvalue weighted by atomic mass is 16.5. The summed E-state index contributed by atoms with van der Waals surface area (Å²) in [4.78, 5) is 2.45. The summed E-state index contributed by atoms with van der Waals surface area (Å²) in [7, 11) is 0. The number of morpholine rings is 1. The zero-order chi connectivity index (χ0) is 15.4. The Morgan fingerprint density at radius 3 is 1.95 bits per heavy atom. The first-order chi connectivity index (χ1) is 10.7. The van der Waals surface area contributed by atoms with Crippen molar-refractivity contribution in [2.45, 2.75) is 26.3 Å². The van der Waals surface area contributed by atoms with Gasteiger partial charge < -0.3 is 4.74 Å². The number of hydrogen-bond donors (Lipinski definition) is 0. The summed E-state index contributed by atoms with van der Waals surface area (Å²) in [6.07, 6.45) is 0. The maximum Gasteiger partial charge on any atom is 0.0594 e. The maximum atomic E-state index is 5.40. The van der Waals surface area contributed by atoms with E-state index in [0.29, 0.717) is 5.92 Å². The third-order valence-electron chi connectivity index (χ3n) is 4.37. The number of ether oxygens (including phenoxy) is 1. The number of benzene rings is 2. The van der Waals surface area contributed by atoms with Gasteiger partial charge in [0.05, 0.1) is 13.2 Å². The van der Waals surface area contributed by atoms with Crippen molar-refractivity contribution in [1.82, 2.24) is 4.90 Å². The lowest BCUT2D eigenvalue weighted by Crippen LogP contribution is -2.35. The fraction of sp³-hybridized carbons (Fsp3) is 0.400. The SMILES string of the molecule is CC(C)c1ccc(-c2ccc(CN3CCOCC3)cc2)cc1. The fourth-order valence-electron chi connectivity index (χ4n) is 2.88. The van der Waals surface area contributed by atoms with E-state index in [1.807, 2.05) is 0 Å². The summed E-state index contributed by atoms with van der Waals surface area (Å²) in [5.74, 6) is 0.588. The molecule has 0 bridgehead atoms. The summed E-state index contributed by atoms with van der Waals surface area (Å²) in [5.41, 5.74) is 5.36. The van der Waals surface area contributed by atoms with E-state index in [1.165, 1.54) is 22.3 Å². The van der Waals surface area contributed by atoms with Gasteiger partial charge in [0, 0.05) is 19.6 Å². The lowest BCUT2D eigenvalue weighted by atomic mass is 9.98. The van der Waals surface area contributed by atoms with Crippen molar-refractivity contribution in [3.8, 4) is 11.1 Å². The van der Waals surface area contributed by atoms with E-state index in [9.17, 15) is 0 Å². The van der Waals surface area contributed by atoms with Crippen molar-refractivity contribution in [3.63, 3.8) is 0 Å². The minimum atomic E-state index is 0.588. The fourth-order valence-corrected chi connectivity index (χ4v) is 2.88. The third-order valence-corrected chi connectivity index (χ3v) is 4.37. The number of rotatable bonds is 4. The van der Waals surface area contributed by atoms with Crippen LogP contribution in [0, 0.1) is 0 Å². The van der Waals surface area contributed by atoms with E-state index in [2.05, 4.69) is 67.3 Å². The monoisotopic (exact) mass is 295 g/mol. The van der Waals surface area contributed by atoms with Gasteiger partial charge in [-0.2, -0.15) is 0 Å². The lowest BCUT2D eigenvalue weighted by molar-refractivity contribution is 0.0342. The Morgan fingerprint density at radius 2 is 1.41 bits per heavy atom. The predicted octanol–water partition coefficient (Wildman–Crippen LogP) is 4.31. The van der Waals surface area contributed by atoms with Gasteiger partial charge in [-0.15, -0.1) is 0 Å². The quantitative estimate of drug-likeness (QED) is 0.833. The van der Waals surface area contributed by atoms with Crippen LogP contribution in [0.2, 0.25) is 0 Å². The van der Waals surface area contributed by atoms with Crippen LogP contribution in [0.1, 0.15) is 30.9 Å². The van der Waals surface area contributed by atoms with Crippen LogP contribution < -0.4 is 0 Å². The molecule has 1 aliphatic rings. The van der Waals surface area contributed by atoms with Crippen LogP contribution in [-0.2, 0) is 11.3 Å². The zero-order valence-electron chi connectivity index (χ0n) is 13.6. The molecule has 0 radical (unpaired) electrons. The van der Waals surface area contributed by atoms with Crippen LogP contribution in [0.15, 0.2) is 48.5 Å². The van der Waals surface area contributed by atoms with Crippen LogP contribution in [0.5, 0.6) is 0 Å². The molecule has 0 saturated carbocycles. The Kier molecular flexibility index (Phi) is 4.91. The first kappa shape index (κ1) is 15.3. The second-order valence-electron chi connectivity index (χ2n) is 6.36. The van der Waals surface area contributed by atoms with Gasteiger partial charge in [-0.25, -0.2) is 0 Å². The Labute approximate surface area is 133 Å². The molecule has 0 aliphatic carbocycles. The first-order valence-electron chi connectivity index (χ1n) is 8.22. The highest BCUT2D eigenvalue weighted by Crippen LogP contribution is 2.23. The first-order valence-corrected chi connectivity index (χ1v) is 8.22. The van der Waals surface area contributed by atoms with Gasteiger partial charge in [0.2, 0.25) is 0 Å². The lowest BCUT2D eigenvalue weighted by Gasteiger charge is -2.26. The molecule has 116 valence electrons.